The van der Waals surface area contributed by atoms with E-state index in [-0.39, 0.29) is 30.0 Å². The average molecular weight is 353 g/mol. The number of carbonyl (C=O) groups excluding carboxylic acids is 1. The lowest BCUT2D eigenvalue weighted by molar-refractivity contribution is -0.385. The summed E-state index contributed by atoms with van der Waals surface area (Å²) in [4.78, 5) is 38.9. The summed E-state index contributed by atoms with van der Waals surface area (Å²) in [5.74, 6) is -0.607. The Bertz CT molecular complexity index is 1060. The number of nitro benzene ring substituents is 1. The van der Waals surface area contributed by atoms with E-state index in [1.807, 2.05) is 0 Å². The topological polar surface area (TPSA) is 104 Å². The fourth-order valence-corrected chi connectivity index (χ4v) is 2.57. The predicted molar refractivity (Wildman–Crippen MR) is 94.1 cm³/mol. The summed E-state index contributed by atoms with van der Waals surface area (Å²) in [6.07, 6.45) is 1.41. The minimum absolute atomic E-state index is 0.0191. The molecular weight excluding hydrogens is 338 g/mol. The third-order valence-corrected chi connectivity index (χ3v) is 3.93. The highest BCUT2D eigenvalue weighted by molar-refractivity contribution is 5.90. The van der Waals surface area contributed by atoms with Crippen LogP contribution in [0.1, 0.15) is 15.9 Å². The highest BCUT2D eigenvalue weighted by atomic mass is 16.6. The zero-order valence-corrected chi connectivity index (χ0v) is 13.9. The van der Waals surface area contributed by atoms with Crippen molar-refractivity contribution < 1.29 is 14.5 Å². The van der Waals surface area contributed by atoms with Gasteiger partial charge in [0.05, 0.1) is 34.3 Å². The molecular formula is C18H15N3O5. The molecule has 0 fully saturated rings. The van der Waals surface area contributed by atoms with Gasteiger partial charge in [0.15, 0.2) is 0 Å². The molecule has 0 radical (unpaired) electrons. The van der Waals surface area contributed by atoms with E-state index in [2.05, 4.69) is 4.98 Å². The molecule has 0 amide bonds. The molecule has 1 heterocycles. The number of rotatable bonds is 5. The number of hydrogen-bond acceptors (Lipinski definition) is 6. The van der Waals surface area contributed by atoms with Crippen molar-refractivity contribution in [3.8, 4) is 0 Å². The molecule has 132 valence electrons. The van der Waals surface area contributed by atoms with Crippen LogP contribution in [0.25, 0.3) is 10.9 Å². The highest BCUT2D eigenvalue weighted by Crippen LogP contribution is 2.19. The van der Waals surface area contributed by atoms with Crippen molar-refractivity contribution in [3.05, 3.63) is 80.4 Å². The van der Waals surface area contributed by atoms with Gasteiger partial charge in [-0.1, -0.05) is 12.1 Å². The van der Waals surface area contributed by atoms with E-state index >= 15 is 0 Å². The van der Waals surface area contributed by atoms with Crippen molar-refractivity contribution in [1.82, 2.24) is 9.55 Å². The minimum Gasteiger partial charge on any atom is -0.460 e. The maximum Gasteiger partial charge on any atom is 0.338 e. The van der Waals surface area contributed by atoms with Crippen LogP contribution in [0.2, 0.25) is 0 Å². The van der Waals surface area contributed by atoms with Crippen LogP contribution in [-0.4, -0.2) is 27.1 Å². The second-order valence-corrected chi connectivity index (χ2v) is 5.65. The summed E-state index contributed by atoms with van der Waals surface area (Å²) in [7, 11) is 0. The Kier molecular flexibility index (Phi) is 4.74. The second kappa shape index (κ2) is 7.14. The van der Waals surface area contributed by atoms with Crippen LogP contribution in [0.4, 0.5) is 5.69 Å². The Labute approximate surface area is 147 Å². The van der Waals surface area contributed by atoms with Crippen LogP contribution in [0.15, 0.2) is 53.6 Å². The van der Waals surface area contributed by atoms with Crippen molar-refractivity contribution in [2.45, 2.75) is 13.5 Å². The van der Waals surface area contributed by atoms with Gasteiger partial charge < -0.3 is 4.74 Å². The molecule has 0 aliphatic heterocycles. The Balaban J connectivity index is 1.67. The monoisotopic (exact) mass is 353 g/mol. The normalized spacial score (nSPS) is 10.7. The van der Waals surface area contributed by atoms with E-state index in [0.29, 0.717) is 16.5 Å². The molecule has 8 nitrogen and oxygen atoms in total. The van der Waals surface area contributed by atoms with Gasteiger partial charge in [-0.25, -0.2) is 9.78 Å². The molecule has 0 unspecified atom stereocenters. The maximum atomic E-state index is 12.3. The maximum absolute atomic E-state index is 12.3. The summed E-state index contributed by atoms with van der Waals surface area (Å²) in [5.41, 5.74) is 0.928. The summed E-state index contributed by atoms with van der Waals surface area (Å²) in [5, 5.41) is 11.3. The molecule has 3 aromatic rings. The Morgan fingerprint density at radius 2 is 2.04 bits per heavy atom. The second-order valence-electron chi connectivity index (χ2n) is 5.65. The fraction of sp³-hybridized carbons (Fsp3) is 0.167. The highest BCUT2D eigenvalue weighted by Gasteiger charge is 2.14. The van der Waals surface area contributed by atoms with Gasteiger partial charge in [0.25, 0.3) is 11.2 Å². The Morgan fingerprint density at radius 1 is 1.27 bits per heavy atom. The lowest BCUT2D eigenvalue weighted by Crippen LogP contribution is -2.23. The van der Waals surface area contributed by atoms with Crippen LogP contribution in [-0.2, 0) is 11.3 Å². The number of hydrogen-bond donors (Lipinski definition) is 0. The number of para-hydroxylation sites is 1. The van der Waals surface area contributed by atoms with Crippen molar-refractivity contribution >= 4 is 22.6 Å². The van der Waals surface area contributed by atoms with Gasteiger partial charge in [0.2, 0.25) is 0 Å². The SMILES string of the molecule is Cc1cc(C(=O)OCCn2cnc3ccccc3c2=O)ccc1[N+](=O)[O-]. The number of aryl methyl sites for hydroxylation is 1. The largest absolute Gasteiger partial charge is 0.460 e. The van der Waals surface area contributed by atoms with Crippen LogP contribution >= 0.6 is 0 Å². The number of aromatic nitrogens is 2. The number of nitro groups is 1. The molecule has 0 atom stereocenters. The van der Waals surface area contributed by atoms with Gasteiger partial charge in [-0.05, 0) is 31.2 Å². The molecule has 8 heteroatoms. The number of fused-ring (bicyclic) bond motifs is 1. The fourth-order valence-electron chi connectivity index (χ4n) is 2.57. The first-order chi connectivity index (χ1) is 12.5. The van der Waals surface area contributed by atoms with Crippen LogP contribution in [0, 0.1) is 17.0 Å². The third-order valence-electron chi connectivity index (χ3n) is 3.93. The van der Waals surface area contributed by atoms with Gasteiger partial charge in [0, 0.05) is 11.6 Å². The standard InChI is InChI=1S/C18H15N3O5/c1-12-10-13(6-7-16(12)21(24)25)18(23)26-9-8-20-11-19-15-5-3-2-4-14(15)17(20)22/h2-7,10-11H,8-9H2,1H3. The molecule has 0 saturated heterocycles. The average Bonchev–Trinajstić information content (AvgIpc) is 2.63. The molecule has 0 aliphatic carbocycles. The number of carbonyl (C=O) groups is 1. The summed E-state index contributed by atoms with van der Waals surface area (Å²) >= 11 is 0. The first-order valence-electron chi connectivity index (χ1n) is 7.84. The predicted octanol–water partition coefficient (Wildman–Crippen LogP) is 2.47. The van der Waals surface area contributed by atoms with Crippen molar-refractivity contribution in [2.75, 3.05) is 6.61 Å². The summed E-state index contributed by atoms with van der Waals surface area (Å²) in [6, 6.07) is 11.0. The third kappa shape index (κ3) is 3.44. The van der Waals surface area contributed by atoms with Gasteiger partial charge in [0.1, 0.15) is 6.61 Å². The van der Waals surface area contributed by atoms with Gasteiger partial charge >= 0.3 is 5.97 Å². The number of esters is 1. The lowest BCUT2D eigenvalue weighted by Gasteiger charge is -2.08. The molecule has 1 aromatic heterocycles. The number of nitrogens with zero attached hydrogens (tertiary/aromatic N) is 3. The first-order valence-corrected chi connectivity index (χ1v) is 7.84. The quantitative estimate of drug-likeness (QED) is 0.396. The smallest absolute Gasteiger partial charge is 0.338 e. The van der Waals surface area contributed by atoms with Crippen LogP contribution in [0.5, 0.6) is 0 Å². The summed E-state index contributed by atoms with van der Waals surface area (Å²) < 4.78 is 6.53. The summed E-state index contributed by atoms with van der Waals surface area (Å²) in [6.45, 7) is 1.69. The zero-order chi connectivity index (χ0) is 18.7. The zero-order valence-electron chi connectivity index (χ0n) is 13.9. The molecule has 0 saturated carbocycles. The van der Waals surface area contributed by atoms with E-state index in [1.165, 1.54) is 29.1 Å². The van der Waals surface area contributed by atoms with Crippen molar-refractivity contribution in [3.63, 3.8) is 0 Å². The lowest BCUT2D eigenvalue weighted by atomic mass is 10.1. The van der Waals surface area contributed by atoms with E-state index in [4.69, 9.17) is 4.74 Å². The van der Waals surface area contributed by atoms with E-state index < -0.39 is 10.9 Å². The van der Waals surface area contributed by atoms with E-state index in [9.17, 15) is 19.7 Å². The Morgan fingerprint density at radius 3 is 2.77 bits per heavy atom. The van der Waals surface area contributed by atoms with Gasteiger partial charge in [-0.3, -0.25) is 19.5 Å². The van der Waals surface area contributed by atoms with E-state index in [0.717, 1.165) is 0 Å². The molecule has 3 rings (SSSR count). The molecule has 0 bridgehead atoms. The number of ether oxygens (including phenoxy) is 1. The van der Waals surface area contributed by atoms with Crippen LogP contribution in [0.3, 0.4) is 0 Å². The molecule has 0 spiro atoms. The first kappa shape index (κ1) is 17.3. The number of benzene rings is 2. The minimum atomic E-state index is -0.607. The van der Waals surface area contributed by atoms with Gasteiger partial charge in [-0.2, -0.15) is 0 Å². The van der Waals surface area contributed by atoms with Gasteiger partial charge in [-0.15, -0.1) is 0 Å². The Hall–Kier alpha value is -3.55. The molecule has 2 aromatic carbocycles. The molecule has 26 heavy (non-hydrogen) atoms. The van der Waals surface area contributed by atoms with Crippen molar-refractivity contribution in [1.29, 1.82) is 0 Å². The molecule has 0 aliphatic rings. The van der Waals surface area contributed by atoms with Crippen LogP contribution < -0.4 is 5.56 Å². The van der Waals surface area contributed by atoms with Crippen molar-refractivity contribution in [2.24, 2.45) is 0 Å². The molecule has 0 N–H and O–H groups in total. The van der Waals surface area contributed by atoms with E-state index in [1.54, 1.807) is 31.2 Å².